The highest BCUT2D eigenvalue weighted by Gasteiger charge is 2.18. The van der Waals surface area contributed by atoms with Crippen LogP contribution in [0.25, 0.3) is 5.70 Å². The third-order valence-electron chi connectivity index (χ3n) is 3.17. The van der Waals surface area contributed by atoms with Crippen molar-refractivity contribution in [2.45, 2.75) is 0 Å². The number of aliphatic imine (C=N–C) groups is 1. The molecule has 0 radical (unpaired) electrons. The zero-order valence-corrected chi connectivity index (χ0v) is 10.8. The molecule has 2 aromatic carbocycles. The molecule has 20 heavy (non-hydrogen) atoms. The molecule has 0 saturated heterocycles. The molecule has 0 aliphatic carbocycles. The normalized spacial score (nSPS) is 14.8. The number of amidine groups is 1. The van der Waals surface area contributed by atoms with Gasteiger partial charge in [-0.25, -0.2) is 9.38 Å². The van der Waals surface area contributed by atoms with Gasteiger partial charge in [0, 0.05) is 5.69 Å². The highest BCUT2D eigenvalue weighted by molar-refractivity contribution is 5.95. The Labute approximate surface area is 116 Å². The lowest BCUT2D eigenvalue weighted by Gasteiger charge is -2.29. The summed E-state index contributed by atoms with van der Waals surface area (Å²) in [5.41, 5.74) is 8.68. The fourth-order valence-electron chi connectivity index (χ4n) is 2.19. The zero-order chi connectivity index (χ0) is 13.9. The van der Waals surface area contributed by atoms with Crippen LogP contribution in [0.4, 0.5) is 10.1 Å². The Morgan fingerprint density at radius 2 is 1.70 bits per heavy atom. The van der Waals surface area contributed by atoms with Gasteiger partial charge in [-0.15, -0.1) is 0 Å². The van der Waals surface area contributed by atoms with Crippen LogP contribution in [0.1, 0.15) is 5.56 Å². The van der Waals surface area contributed by atoms with E-state index in [0.717, 1.165) is 16.9 Å². The number of para-hydroxylation sites is 1. The van der Waals surface area contributed by atoms with Crippen molar-refractivity contribution in [3.63, 3.8) is 0 Å². The predicted molar refractivity (Wildman–Crippen MR) is 79.8 cm³/mol. The lowest BCUT2D eigenvalue weighted by atomic mass is 10.1. The molecule has 100 valence electrons. The SMILES string of the molecule is NC1=NC=C(c2ccc(F)cc2)N(c2ccccc2)C1. The summed E-state index contributed by atoms with van der Waals surface area (Å²) in [4.78, 5) is 6.25. The molecule has 4 heteroatoms. The smallest absolute Gasteiger partial charge is 0.123 e. The molecule has 2 aromatic rings. The van der Waals surface area contributed by atoms with Crippen LogP contribution in [0, 0.1) is 5.82 Å². The number of benzene rings is 2. The molecule has 1 aliphatic heterocycles. The second-order valence-corrected chi connectivity index (χ2v) is 4.56. The number of halogens is 1. The fourth-order valence-corrected chi connectivity index (χ4v) is 2.19. The molecule has 0 saturated carbocycles. The summed E-state index contributed by atoms with van der Waals surface area (Å²) >= 11 is 0. The summed E-state index contributed by atoms with van der Waals surface area (Å²) in [5, 5.41) is 0. The first-order valence-electron chi connectivity index (χ1n) is 6.35. The largest absolute Gasteiger partial charge is 0.386 e. The van der Waals surface area contributed by atoms with E-state index in [1.807, 2.05) is 30.3 Å². The third-order valence-corrected chi connectivity index (χ3v) is 3.17. The number of anilines is 1. The number of nitrogens with zero attached hydrogens (tertiary/aromatic N) is 2. The summed E-state index contributed by atoms with van der Waals surface area (Å²) < 4.78 is 13.1. The number of hydrogen-bond acceptors (Lipinski definition) is 3. The number of nitrogens with two attached hydrogens (primary N) is 1. The van der Waals surface area contributed by atoms with Crippen LogP contribution < -0.4 is 10.6 Å². The van der Waals surface area contributed by atoms with Crippen molar-refractivity contribution in [3.8, 4) is 0 Å². The van der Waals surface area contributed by atoms with E-state index in [4.69, 9.17) is 5.73 Å². The molecule has 0 atom stereocenters. The van der Waals surface area contributed by atoms with Gasteiger partial charge in [-0.1, -0.05) is 18.2 Å². The quantitative estimate of drug-likeness (QED) is 0.908. The minimum absolute atomic E-state index is 0.251. The van der Waals surface area contributed by atoms with E-state index in [9.17, 15) is 4.39 Å². The topological polar surface area (TPSA) is 41.6 Å². The third kappa shape index (κ3) is 2.40. The van der Waals surface area contributed by atoms with Crippen LogP contribution in [0.2, 0.25) is 0 Å². The van der Waals surface area contributed by atoms with Crippen molar-refractivity contribution in [1.82, 2.24) is 0 Å². The summed E-state index contributed by atoms with van der Waals surface area (Å²) in [6.45, 7) is 0.521. The molecule has 1 aliphatic rings. The molecule has 1 heterocycles. The lowest BCUT2D eigenvalue weighted by Crippen LogP contribution is -2.35. The van der Waals surface area contributed by atoms with Crippen molar-refractivity contribution in [2.75, 3.05) is 11.4 Å². The second-order valence-electron chi connectivity index (χ2n) is 4.56. The van der Waals surface area contributed by atoms with Crippen LogP contribution in [0.5, 0.6) is 0 Å². The maximum atomic E-state index is 13.1. The molecule has 0 aromatic heterocycles. The first-order valence-corrected chi connectivity index (χ1v) is 6.35. The van der Waals surface area contributed by atoms with Gasteiger partial charge in [-0.2, -0.15) is 0 Å². The molecule has 3 rings (SSSR count). The van der Waals surface area contributed by atoms with Gasteiger partial charge in [0.05, 0.1) is 18.4 Å². The van der Waals surface area contributed by atoms with E-state index in [0.29, 0.717) is 12.4 Å². The van der Waals surface area contributed by atoms with Crippen LogP contribution in [-0.2, 0) is 0 Å². The molecular formula is C16H14FN3. The van der Waals surface area contributed by atoms with Crippen LogP contribution in [-0.4, -0.2) is 12.4 Å². The Morgan fingerprint density at radius 1 is 1.00 bits per heavy atom. The predicted octanol–water partition coefficient (Wildman–Crippen LogP) is 3.00. The maximum Gasteiger partial charge on any atom is 0.123 e. The Bertz CT molecular complexity index is 660. The summed E-state index contributed by atoms with van der Waals surface area (Å²) in [6, 6.07) is 16.3. The Kier molecular flexibility index (Phi) is 3.21. The fraction of sp³-hybridized carbons (Fsp3) is 0.0625. The average molecular weight is 267 g/mol. The van der Waals surface area contributed by atoms with E-state index >= 15 is 0 Å². The van der Waals surface area contributed by atoms with E-state index in [1.165, 1.54) is 12.1 Å². The van der Waals surface area contributed by atoms with E-state index in [1.54, 1.807) is 18.3 Å². The second kappa shape index (κ2) is 5.17. The van der Waals surface area contributed by atoms with E-state index < -0.39 is 0 Å². The summed E-state index contributed by atoms with van der Waals surface area (Å²) in [6.07, 6.45) is 1.72. The zero-order valence-electron chi connectivity index (χ0n) is 10.8. The number of hydrogen-bond donors (Lipinski definition) is 1. The van der Waals surface area contributed by atoms with Crippen molar-refractivity contribution < 1.29 is 4.39 Å². The van der Waals surface area contributed by atoms with Gasteiger partial charge in [0.15, 0.2) is 0 Å². The molecule has 0 amide bonds. The van der Waals surface area contributed by atoms with Gasteiger partial charge in [0.1, 0.15) is 11.7 Å². The Hall–Kier alpha value is -2.62. The van der Waals surface area contributed by atoms with Crippen molar-refractivity contribution in [1.29, 1.82) is 0 Å². The maximum absolute atomic E-state index is 13.1. The minimum atomic E-state index is -0.251. The molecule has 0 unspecified atom stereocenters. The van der Waals surface area contributed by atoms with Crippen molar-refractivity contribution in [2.24, 2.45) is 10.7 Å². The first kappa shape index (κ1) is 12.4. The van der Waals surface area contributed by atoms with E-state index in [2.05, 4.69) is 9.89 Å². The van der Waals surface area contributed by atoms with E-state index in [-0.39, 0.29) is 5.82 Å². The Morgan fingerprint density at radius 3 is 2.40 bits per heavy atom. The lowest BCUT2D eigenvalue weighted by molar-refractivity contribution is 0.627. The highest BCUT2D eigenvalue weighted by Crippen LogP contribution is 2.27. The molecule has 2 N–H and O–H groups in total. The van der Waals surface area contributed by atoms with Gasteiger partial charge >= 0.3 is 0 Å². The van der Waals surface area contributed by atoms with Gasteiger partial charge in [0.2, 0.25) is 0 Å². The standard InChI is InChI=1S/C16H14FN3/c17-13-8-6-12(7-9-13)15-10-19-16(18)11-20(15)14-4-2-1-3-5-14/h1-10H,11H2,(H2,18,19). The van der Waals surface area contributed by atoms with Crippen molar-refractivity contribution in [3.05, 3.63) is 72.2 Å². The van der Waals surface area contributed by atoms with Crippen LogP contribution >= 0.6 is 0 Å². The average Bonchev–Trinajstić information content (AvgIpc) is 2.49. The molecular weight excluding hydrogens is 253 g/mol. The highest BCUT2D eigenvalue weighted by atomic mass is 19.1. The minimum Gasteiger partial charge on any atom is -0.386 e. The Balaban J connectivity index is 2.03. The van der Waals surface area contributed by atoms with Gasteiger partial charge in [-0.3, -0.25) is 0 Å². The van der Waals surface area contributed by atoms with Gasteiger partial charge < -0.3 is 10.6 Å². The van der Waals surface area contributed by atoms with Gasteiger partial charge in [-0.05, 0) is 42.0 Å². The van der Waals surface area contributed by atoms with Crippen LogP contribution in [0.15, 0.2) is 65.8 Å². The molecule has 3 nitrogen and oxygen atoms in total. The molecule has 0 fully saturated rings. The molecule has 0 spiro atoms. The molecule has 0 bridgehead atoms. The van der Waals surface area contributed by atoms with Crippen molar-refractivity contribution >= 4 is 17.2 Å². The van der Waals surface area contributed by atoms with Crippen LogP contribution in [0.3, 0.4) is 0 Å². The summed E-state index contributed by atoms with van der Waals surface area (Å²) in [5.74, 6) is 0.305. The monoisotopic (exact) mass is 267 g/mol. The number of rotatable bonds is 2. The first-order chi connectivity index (χ1) is 9.74. The summed E-state index contributed by atoms with van der Waals surface area (Å²) in [7, 11) is 0. The van der Waals surface area contributed by atoms with Gasteiger partial charge in [0.25, 0.3) is 0 Å².